The number of nitrogens with one attached hydrogen (secondary N) is 2. The van der Waals surface area contributed by atoms with Crippen LogP contribution in [0.5, 0.6) is 0 Å². The molecule has 0 saturated carbocycles. The smallest absolute Gasteiger partial charge is 0.224 e. The van der Waals surface area contributed by atoms with Crippen LogP contribution in [0.25, 0.3) is 0 Å². The normalized spacial score (nSPS) is 18.2. The van der Waals surface area contributed by atoms with E-state index in [1.54, 1.807) is 18.4 Å². The van der Waals surface area contributed by atoms with Crippen molar-refractivity contribution in [2.75, 3.05) is 33.4 Å². The number of thiophene rings is 1. The average molecular weight is 282 g/mol. The van der Waals surface area contributed by atoms with E-state index in [0.717, 1.165) is 31.5 Å². The van der Waals surface area contributed by atoms with Crippen LogP contribution in [-0.2, 0) is 16.0 Å². The van der Waals surface area contributed by atoms with Gasteiger partial charge in [-0.15, -0.1) is 0 Å². The molecule has 1 aromatic heterocycles. The molecule has 0 atom stereocenters. The average Bonchev–Trinajstić information content (AvgIpc) is 2.91. The first kappa shape index (κ1) is 14.5. The Morgan fingerprint density at radius 2 is 2.32 bits per heavy atom. The lowest BCUT2D eigenvalue weighted by Gasteiger charge is -2.37. The molecule has 2 heterocycles. The van der Waals surface area contributed by atoms with Crippen molar-refractivity contribution in [1.82, 2.24) is 10.6 Å². The predicted molar refractivity (Wildman–Crippen MR) is 77.4 cm³/mol. The fraction of sp³-hybridized carbons (Fsp3) is 0.643. The summed E-state index contributed by atoms with van der Waals surface area (Å²) in [7, 11) is 1.73. The largest absolute Gasteiger partial charge is 0.384 e. The van der Waals surface area contributed by atoms with Crippen LogP contribution >= 0.6 is 11.3 Å². The van der Waals surface area contributed by atoms with Gasteiger partial charge in [0.15, 0.2) is 0 Å². The van der Waals surface area contributed by atoms with Crippen LogP contribution in [-0.4, -0.2) is 39.3 Å². The molecule has 2 rings (SSSR count). The highest BCUT2D eigenvalue weighted by molar-refractivity contribution is 7.07. The third-order valence-electron chi connectivity index (χ3n) is 3.72. The highest BCUT2D eigenvalue weighted by atomic mass is 32.1. The van der Waals surface area contributed by atoms with Gasteiger partial charge in [0.05, 0.1) is 13.0 Å². The third-order valence-corrected chi connectivity index (χ3v) is 4.45. The van der Waals surface area contributed by atoms with E-state index in [9.17, 15) is 4.79 Å². The van der Waals surface area contributed by atoms with Crippen molar-refractivity contribution in [3.05, 3.63) is 22.4 Å². The Hall–Kier alpha value is -0.910. The van der Waals surface area contributed by atoms with Gasteiger partial charge in [0.2, 0.25) is 5.91 Å². The molecule has 1 aliphatic heterocycles. The van der Waals surface area contributed by atoms with Crippen LogP contribution in [0.3, 0.4) is 0 Å². The van der Waals surface area contributed by atoms with Crippen molar-refractivity contribution in [3.8, 4) is 0 Å². The summed E-state index contributed by atoms with van der Waals surface area (Å²) in [5.74, 6) is 0.104. The zero-order valence-electron chi connectivity index (χ0n) is 11.4. The number of amides is 1. The van der Waals surface area contributed by atoms with E-state index in [-0.39, 0.29) is 11.3 Å². The van der Waals surface area contributed by atoms with Gasteiger partial charge in [-0.05, 0) is 48.3 Å². The first-order chi connectivity index (χ1) is 9.24. The zero-order valence-corrected chi connectivity index (χ0v) is 12.2. The number of carbonyl (C=O) groups is 1. The lowest BCUT2D eigenvalue weighted by atomic mass is 9.79. The van der Waals surface area contributed by atoms with E-state index in [1.807, 2.05) is 16.8 Å². The molecular formula is C14H22N2O2S. The van der Waals surface area contributed by atoms with Crippen molar-refractivity contribution in [3.63, 3.8) is 0 Å². The summed E-state index contributed by atoms with van der Waals surface area (Å²) in [5, 5.41) is 10.5. The van der Waals surface area contributed by atoms with Gasteiger partial charge >= 0.3 is 0 Å². The number of piperidine rings is 1. The molecule has 1 saturated heterocycles. The molecule has 4 nitrogen and oxygen atoms in total. The number of carbonyl (C=O) groups excluding carboxylic acids is 1. The Balaban J connectivity index is 1.82. The van der Waals surface area contributed by atoms with Crippen LogP contribution in [0, 0.1) is 5.41 Å². The van der Waals surface area contributed by atoms with E-state index in [0.29, 0.717) is 19.6 Å². The van der Waals surface area contributed by atoms with Crippen molar-refractivity contribution < 1.29 is 9.53 Å². The minimum absolute atomic E-state index is 0.101. The Labute approximate surface area is 118 Å². The molecule has 0 aliphatic carbocycles. The number of methoxy groups -OCH3 is 1. The van der Waals surface area contributed by atoms with Crippen LogP contribution in [0.2, 0.25) is 0 Å². The van der Waals surface area contributed by atoms with Crippen molar-refractivity contribution in [1.29, 1.82) is 0 Å². The second-order valence-electron chi connectivity index (χ2n) is 5.27. The summed E-state index contributed by atoms with van der Waals surface area (Å²) in [6, 6.07) is 2.00. The Kier molecular flexibility index (Phi) is 5.36. The van der Waals surface area contributed by atoms with Gasteiger partial charge in [0, 0.05) is 19.1 Å². The first-order valence-corrected chi connectivity index (χ1v) is 7.66. The molecule has 106 valence electrons. The van der Waals surface area contributed by atoms with Gasteiger partial charge < -0.3 is 15.4 Å². The molecule has 1 fully saturated rings. The van der Waals surface area contributed by atoms with E-state index in [2.05, 4.69) is 10.6 Å². The standard InChI is InChI=1S/C14H22N2O2S/c1-18-11-14(3-5-15-6-4-14)10-16-13(17)8-12-2-7-19-9-12/h2,7,9,15H,3-6,8,10-11H2,1H3,(H,16,17). The molecule has 5 heteroatoms. The summed E-state index contributed by atoms with van der Waals surface area (Å²) < 4.78 is 5.35. The second kappa shape index (κ2) is 7.03. The van der Waals surface area contributed by atoms with Gasteiger partial charge in [-0.1, -0.05) is 0 Å². The van der Waals surface area contributed by atoms with E-state index in [4.69, 9.17) is 4.74 Å². The van der Waals surface area contributed by atoms with E-state index < -0.39 is 0 Å². The molecule has 0 aromatic carbocycles. The quantitative estimate of drug-likeness (QED) is 0.830. The number of ether oxygens (including phenoxy) is 1. The van der Waals surface area contributed by atoms with Gasteiger partial charge in [-0.25, -0.2) is 0 Å². The molecule has 2 N–H and O–H groups in total. The fourth-order valence-corrected chi connectivity index (χ4v) is 3.23. The highest BCUT2D eigenvalue weighted by Crippen LogP contribution is 2.28. The zero-order chi connectivity index (χ0) is 13.6. The van der Waals surface area contributed by atoms with Gasteiger partial charge in [-0.2, -0.15) is 11.3 Å². The minimum Gasteiger partial charge on any atom is -0.384 e. The number of hydrogen-bond acceptors (Lipinski definition) is 4. The highest BCUT2D eigenvalue weighted by Gasteiger charge is 2.32. The fourth-order valence-electron chi connectivity index (χ4n) is 2.56. The molecule has 0 unspecified atom stereocenters. The Morgan fingerprint density at radius 1 is 1.53 bits per heavy atom. The molecule has 0 spiro atoms. The summed E-state index contributed by atoms with van der Waals surface area (Å²) >= 11 is 1.63. The predicted octanol–water partition coefficient (Wildman–Crippen LogP) is 1.42. The summed E-state index contributed by atoms with van der Waals surface area (Å²) in [5.41, 5.74) is 1.19. The van der Waals surface area contributed by atoms with E-state index >= 15 is 0 Å². The molecule has 0 radical (unpaired) electrons. The number of rotatable bonds is 6. The van der Waals surface area contributed by atoms with Gasteiger partial charge in [-0.3, -0.25) is 4.79 Å². The van der Waals surface area contributed by atoms with Gasteiger partial charge in [0.25, 0.3) is 0 Å². The first-order valence-electron chi connectivity index (χ1n) is 6.72. The maximum absolute atomic E-state index is 11.9. The molecule has 19 heavy (non-hydrogen) atoms. The third kappa shape index (κ3) is 4.30. The minimum atomic E-state index is 0.101. The number of hydrogen-bond donors (Lipinski definition) is 2. The molecular weight excluding hydrogens is 260 g/mol. The van der Waals surface area contributed by atoms with Crippen molar-refractivity contribution in [2.45, 2.75) is 19.3 Å². The lowest BCUT2D eigenvalue weighted by molar-refractivity contribution is -0.121. The topological polar surface area (TPSA) is 50.4 Å². The van der Waals surface area contributed by atoms with E-state index in [1.165, 1.54) is 0 Å². The monoisotopic (exact) mass is 282 g/mol. The molecule has 1 amide bonds. The van der Waals surface area contributed by atoms with Gasteiger partial charge in [0.1, 0.15) is 0 Å². The van der Waals surface area contributed by atoms with Crippen LogP contribution in [0.1, 0.15) is 18.4 Å². The maximum Gasteiger partial charge on any atom is 0.224 e. The molecule has 1 aliphatic rings. The Bertz CT molecular complexity index is 381. The maximum atomic E-state index is 11.9. The SMILES string of the molecule is COCC1(CNC(=O)Cc2ccsc2)CCNCC1. The van der Waals surface area contributed by atoms with Crippen LogP contribution < -0.4 is 10.6 Å². The van der Waals surface area contributed by atoms with Crippen molar-refractivity contribution in [2.24, 2.45) is 5.41 Å². The summed E-state index contributed by atoms with van der Waals surface area (Å²) in [6.07, 6.45) is 2.59. The molecule has 0 bridgehead atoms. The van der Waals surface area contributed by atoms with Crippen LogP contribution in [0.15, 0.2) is 16.8 Å². The van der Waals surface area contributed by atoms with Crippen LogP contribution in [0.4, 0.5) is 0 Å². The summed E-state index contributed by atoms with van der Waals surface area (Å²) in [6.45, 7) is 3.44. The van der Waals surface area contributed by atoms with Crippen molar-refractivity contribution >= 4 is 17.2 Å². The lowest BCUT2D eigenvalue weighted by Crippen LogP contribution is -2.47. The molecule has 1 aromatic rings. The summed E-state index contributed by atoms with van der Waals surface area (Å²) in [4.78, 5) is 11.9. The Morgan fingerprint density at radius 3 is 2.95 bits per heavy atom. The second-order valence-corrected chi connectivity index (χ2v) is 6.05.